The summed E-state index contributed by atoms with van der Waals surface area (Å²) in [7, 11) is 0. The van der Waals surface area contributed by atoms with Crippen LogP contribution in [0.15, 0.2) is 40.9 Å². The number of hydrogen-bond donors (Lipinski definition) is 1. The monoisotopic (exact) mass is 316 g/mol. The van der Waals surface area contributed by atoms with Crippen LogP contribution in [0.1, 0.15) is 17.2 Å². The molecule has 0 aromatic heterocycles. The molecule has 0 saturated carbocycles. The van der Waals surface area contributed by atoms with Crippen molar-refractivity contribution in [2.75, 3.05) is 0 Å². The Morgan fingerprint density at radius 3 is 2.39 bits per heavy atom. The van der Waals surface area contributed by atoms with Gasteiger partial charge in [-0.15, -0.1) is 0 Å². The SMILES string of the molecule is OC(c1cc(F)ccc1F)c1cccc(F)c1Br. The average molecular weight is 317 g/mol. The molecular formula is C13H8BrF3O. The number of aliphatic hydroxyl groups is 1. The molecule has 0 spiro atoms. The fraction of sp³-hybridized carbons (Fsp3) is 0.0769. The van der Waals surface area contributed by atoms with E-state index >= 15 is 0 Å². The molecule has 0 aliphatic rings. The second-order valence-corrected chi connectivity index (χ2v) is 4.50. The highest BCUT2D eigenvalue weighted by Gasteiger charge is 2.19. The van der Waals surface area contributed by atoms with Gasteiger partial charge in [-0.3, -0.25) is 0 Å². The maximum atomic E-state index is 13.5. The third kappa shape index (κ3) is 2.42. The van der Waals surface area contributed by atoms with Crippen molar-refractivity contribution >= 4 is 15.9 Å². The van der Waals surface area contributed by atoms with Gasteiger partial charge in [-0.25, -0.2) is 13.2 Å². The Hall–Kier alpha value is -1.33. The molecular weight excluding hydrogens is 309 g/mol. The van der Waals surface area contributed by atoms with Crippen molar-refractivity contribution in [1.82, 2.24) is 0 Å². The molecule has 5 heteroatoms. The van der Waals surface area contributed by atoms with Gasteiger partial charge in [0.1, 0.15) is 23.6 Å². The van der Waals surface area contributed by atoms with Gasteiger partial charge in [0.15, 0.2) is 0 Å². The van der Waals surface area contributed by atoms with Crippen molar-refractivity contribution in [3.8, 4) is 0 Å². The fourth-order valence-electron chi connectivity index (χ4n) is 1.62. The fourth-order valence-corrected chi connectivity index (χ4v) is 2.10. The van der Waals surface area contributed by atoms with E-state index in [2.05, 4.69) is 15.9 Å². The summed E-state index contributed by atoms with van der Waals surface area (Å²) < 4.78 is 39.9. The maximum absolute atomic E-state index is 13.5. The second-order valence-electron chi connectivity index (χ2n) is 3.71. The number of hydrogen-bond acceptors (Lipinski definition) is 1. The largest absolute Gasteiger partial charge is 0.384 e. The number of aliphatic hydroxyl groups excluding tert-OH is 1. The summed E-state index contributed by atoms with van der Waals surface area (Å²) in [4.78, 5) is 0. The lowest BCUT2D eigenvalue weighted by molar-refractivity contribution is 0.213. The summed E-state index contributed by atoms with van der Waals surface area (Å²) >= 11 is 2.97. The van der Waals surface area contributed by atoms with Crippen LogP contribution in [0.25, 0.3) is 0 Å². The number of benzene rings is 2. The molecule has 0 radical (unpaired) electrons. The van der Waals surface area contributed by atoms with E-state index in [9.17, 15) is 18.3 Å². The molecule has 1 N–H and O–H groups in total. The average Bonchev–Trinajstić information content (AvgIpc) is 2.35. The molecule has 0 bridgehead atoms. The molecule has 0 fully saturated rings. The Bertz CT molecular complexity index is 584. The van der Waals surface area contributed by atoms with Crippen LogP contribution in [0, 0.1) is 17.5 Å². The van der Waals surface area contributed by atoms with Gasteiger partial charge in [-0.2, -0.15) is 0 Å². The zero-order chi connectivity index (χ0) is 13.3. The summed E-state index contributed by atoms with van der Waals surface area (Å²) in [5, 5.41) is 10.00. The minimum Gasteiger partial charge on any atom is -0.384 e. The molecule has 1 nitrogen and oxygen atoms in total. The summed E-state index contributed by atoms with van der Waals surface area (Å²) in [5.41, 5.74) is -0.0965. The Labute approximate surface area is 110 Å². The Morgan fingerprint density at radius 1 is 0.944 bits per heavy atom. The van der Waals surface area contributed by atoms with E-state index in [0.717, 1.165) is 18.2 Å². The van der Waals surface area contributed by atoms with Crippen LogP contribution in [0.5, 0.6) is 0 Å². The van der Waals surface area contributed by atoms with Gasteiger partial charge >= 0.3 is 0 Å². The predicted molar refractivity (Wildman–Crippen MR) is 64.5 cm³/mol. The van der Waals surface area contributed by atoms with E-state index in [1.807, 2.05) is 0 Å². The van der Waals surface area contributed by atoms with Gasteiger partial charge in [0.2, 0.25) is 0 Å². The van der Waals surface area contributed by atoms with Crippen LogP contribution < -0.4 is 0 Å². The second kappa shape index (κ2) is 5.12. The zero-order valence-electron chi connectivity index (χ0n) is 9.00. The van der Waals surface area contributed by atoms with E-state index in [-0.39, 0.29) is 15.6 Å². The van der Waals surface area contributed by atoms with E-state index in [0.29, 0.717) is 0 Å². The van der Waals surface area contributed by atoms with Gasteiger partial charge in [-0.05, 0) is 40.2 Å². The normalized spacial score (nSPS) is 12.5. The van der Waals surface area contributed by atoms with Gasteiger partial charge in [0.05, 0.1) is 4.47 Å². The summed E-state index contributed by atoms with van der Waals surface area (Å²) in [6, 6.07) is 6.77. The molecule has 0 saturated heterocycles. The minimum absolute atomic E-state index is 0.0289. The third-order valence-corrected chi connectivity index (χ3v) is 3.37. The van der Waals surface area contributed by atoms with E-state index in [4.69, 9.17) is 0 Å². The molecule has 0 heterocycles. The molecule has 2 aromatic carbocycles. The third-order valence-electron chi connectivity index (χ3n) is 2.53. The standard InChI is InChI=1S/C13H8BrF3O/c14-12-8(2-1-3-11(12)17)13(18)9-6-7(15)4-5-10(9)16/h1-6,13,18H. The first-order valence-corrected chi connectivity index (χ1v) is 5.87. The molecule has 94 valence electrons. The van der Waals surface area contributed by atoms with Crippen molar-refractivity contribution < 1.29 is 18.3 Å². The molecule has 0 amide bonds. The number of halogens is 4. The lowest BCUT2D eigenvalue weighted by Crippen LogP contribution is -2.05. The van der Waals surface area contributed by atoms with E-state index in [1.54, 1.807) is 0 Å². The highest BCUT2D eigenvalue weighted by Crippen LogP contribution is 2.31. The first kappa shape index (κ1) is 13.1. The number of rotatable bonds is 2. The zero-order valence-corrected chi connectivity index (χ0v) is 10.6. The summed E-state index contributed by atoms with van der Waals surface area (Å²) in [6.07, 6.45) is -1.44. The van der Waals surface area contributed by atoms with Crippen LogP contribution in [0.3, 0.4) is 0 Å². The highest BCUT2D eigenvalue weighted by atomic mass is 79.9. The maximum Gasteiger partial charge on any atom is 0.137 e. The Morgan fingerprint density at radius 2 is 1.67 bits per heavy atom. The van der Waals surface area contributed by atoms with Gasteiger partial charge < -0.3 is 5.11 Å². The van der Waals surface area contributed by atoms with Crippen LogP contribution in [-0.4, -0.2) is 5.11 Å². The van der Waals surface area contributed by atoms with Crippen molar-refractivity contribution in [1.29, 1.82) is 0 Å². The van der Waals surface area contributed by atoms with Crippen molar-refractivity contribution in [2.24, 2.45) is 0 Å². The molecule has 1 atom stereocenters. The molecule has 1 unspecified atom stereocenters. The molecule has 2 aromatic rings. The van der Waals surface area contributed by atoms with Gasteiger partial charge in [-0.1, -0.05) is 12.1 Å². The van der Waals surface area contributed by atoms with Crippen LogP contribution in [0.2, 0.25) is 0 Å². The van der Waals surface area contributed by atoms with Gasteiger partial charge in [0.25, 0.3) is 0 Å². The molecule has 0 aliphatic heterocycles. The first-order chi connectivity index (χ1) is 8.50. The predicted octanol–water partition coefficient (Wildman–Crippen LogP) is 3.95. The Kier molecular flexibility index (Phi) is 3.73. The van der Waals surface area contributed by atoms with Crippen LogP contribution in [0.4, 0.5) is 13.2 Å². The molecule has 18 heavy (non-hydrogen) atoms. The van der Waals surface area contributed by atoms with Crippen LogP contribution in [-0.2, 0) is 0 Å². The highest BCUT2D eigenvalue weighted by molar-refractivity contribution is 9.10. The lowest BCUT2D eigenvalue weighted by Gasteiger charge is -2.14. The first-order valence-electron chi connectivity index (χ1n) is 5.07. The van der Waals surface area contributed by atoms with Gasteiger partial charge in [0, 0.05) is 11.1 Å². The lowest BCUT2D eigenvalue weighted by atomic mass is 10.0. The van der Waals surface area contributed by atoms with E-state index in [1.165, 1.54) is 18.2 Å². The van der Waals surface area contributed by atoms with E-state index < -0.39 is 23.6 Å². The smallest absolute Gasteiger partial charge is 0.137 e. The summed E-state index contributed by atoms with van der Waals surface area (Å²) in [5.74, 6) is -2.00. The summed E-state index contributed by atoms with van der Waals surface area (Å²) in [6.45, 7) is 0. The quantitative estimate of drug-likeness (QED) is 0.889. The van der Waals surface area contributed by atoms with Crippen molar-refractivity contribution in [3.05, 3.63) is 69.4 Å². The topological polar surface area (TPSA) is 20.2 Å². The van der Waals surface area contributed by atoms with Crippen LogP contribution >= 0.6 is 15.9 Å². The minimum atomic E-state index is -1.44. The molecule has 2 rings (SSSR count). The van der Waals surface area contributed by atoms with Crippen molar-refractivity contribution in [2.45, 2.75) is 6.10 Å². The Balaban J connectivity index is 2.51. The van der Waals surface area contributed by atoms with Crippen molar-refractivity contribution in [3.63, 3.8) is 0 Å². The molecule has 0 aliphatic carbocycles.